The first-order valence-corrected chi connectivity index (χ1v) is 6.13. The second-order valence-corrected chi connectivity index (χ2v) is 3.91. The number of amides is 1. The maximum atomic E-state index is 12.0. The lowest BCUT2D eigenvalue weighted by Crippen LogP contribution is -2.40. The van der Waals surface area contributed by atoms with E-state index in [1.165, 1.54) is 6.20 Å². The molecule has 1 heterocycles. The van der Waals surface area contributed by atoms with Crippen LogP contribution in [0.15, 0.2) is 18.3 Å². The van der Waals surface area contributed by atoms with Crippen molar-refractivity contribution in [2.24, 2.45) is 0 Å². The molecule has 1 N–H and O–H groups in total. The molecule has 0 radical (unpaired) electrons. The van der Waals surface area contributed by atoms with Gasteiger partial charge in [0.05, 0.1) is 18.5 Å². The average molecular weight is 252 g/mol. The van der Waals surface area contributed by atoms with E-state index in [4.69, 9.17) is 9.84 Å². The number of rotatable bonds is 6. The molecule has 0 aliphatic heterocycles. The standard InChI is InChI=1S/C13H20N2O3/c1-4-15(5-2)13(17)10(3)18-12-7-6-11(9-16)14-8-12/h6-8,10,16H,4-5,9H2,1-3H3. The summed E-state index contributed by atoms with van der Waals surface area (Å²) in [5.41, 5.74) is 0.574. The number of pyridine rings is 1. The number of aliphatic hydroxyl groups is 1. The number of likely N-dealkylation sites (N-methyl/N-ethyl adjacent to an activating group) is 1. The normalized spacial score (nSPS) is 12.0. The van der Waals surface area contributed by atoms with Crippen molar-refractivity contribution in [2.75, 3.05) is 13.1 Å². The first-order valence-electron chi connectivity index (χ1n) is 6.13. The van der Waals surface area contributed by atoms with Crippen molar-refractivity contribution in [1.29, 1.82) is 0 Å². The lowest BCUT2D eigenvalue weighted by Gasteiger charge is -2.23. The molecule has 0 saturated heterocycles. The van der Waals surface area contributed by atoms with Crippen molar-refractivity contribution in [1.82, 2.24) is 9.88 Å². The summed E-state index contributed by atoms with van der Waals surface area (Å²) in [6, 6.07) is 3.37. The number of hydrogen-bond acceptors (Lipinski definition) is 4. The Labute approximate surface area is 107 Å². The molecule has 0 spiro atoms. The summed E-state index contributed by atoms with van der Waals surface area (Å²) in [7, 11) is 0. The van der Waals surface area contributed by atoms with Gasteiger partial charge < -0.3 is 14.7 Å². The fourth-order valence-electron chi connectivity index (χ4n) is 1.62. The minimum atomic E-state index is -0.535. The molecule has 0 saturated carbocycles. The van der Waals surface area contributed by atoms with Crippen LogP contribution < -0.4 is 4.74 Å². The highest BCUT2D eigenvalue weighted by Crippen LogP contribution is 2.12. The summed E-state index contributed by atoms with van der Waals surface area (Å²) in [6.07, 6.45) is 0.976. The van der Waals surface area contributed by atoms with Crippen LogP contribution in [-0.4, -0.2) is 40.1 Å². The predicted octanol–water partition coefficient (Wildman–Crippen LogP) is 1.21. The van der Waals surface area contributed by atoms with E-state index >= 15 is 0 Å². The SMILES string of the molecule is CCN(CC)C(=O)C(C)Oc1ccc(CO)nc1. The van der Waals surface area contributed by atoms with E-state index < -0.39 is 6.10 Å². The van der Waals surface area contributed by atoms with E-state index in [1.54, 1.807) is 24.0 Å². The van der Waals surface area contributed by atoms with Gasteiger partial charge in [0.25, 0.3) is 5.91 Å². The van der Waals surface area contributed by atoms with Crippen LogP contribution in [0.2, 0.25) is 0 Å². The van der Waals surface area contributed by atoms with Crippen molar-refractivity contribution in [2.45, 2.75) is 33.5 Å². The van der Waals surface area contributed by atoms with Gasteiger partial charge in [-0.25, -0.2) is 0 Å². The van der Waals surface area contributed by atoms with E-state index in [1.807, 2.05) is 13.8 Å². The average Bonchev–Trinajstić information content (AvgIpc) is 2.40. The van der Waals surface area contributed by atoms with Crippen LogP contribution in [0.3, 0.4) is 0 Å². The largest absolute Gasteiger partial charge is 0.479 e. The molecule has 100 valence electrons. The molecule has 1 aromatic heterocycles. The van der Waals surface area contributed by atoms with Gasteiger partial charge in [-0.3, -0.25) is 9.78 Å². The Morgan fingerprint density at radius 3 is 2.56 bits per heavy atom. The Bertz CT molecular complexity index is 374. The minimum absolute atomic E-state index is 0.0359. The smallest absolute Gasteiger partial charge is 0.263 e. The van der Waals surface area contributed by atoms with E-state index in [9.17, 15) is 4.79 Å². The second kappa shape index (κ2) is 6.96. The number of aromatic nitrogens is 1. The molecule has 0 aliphatic rings. The zero-order chi connectivity index (χ0) is 13.5. The Morgan fingerprint density at radius 1 is 1.44 bits per heavy atom. The Morgan fingerprint density at radius 2 is 2.11 bits per heavy atom. The van der Waals surface area contributed by atoms with E-state index in [2.05, 4.69) is 4.98 Å². The maximum absolute atomic E-state index is 12.0. The van der Waals surface area contributed by atoms with Gasteiger partial charge in [-0.05, 0) is 32.9 Å². The number of ether oxygens (including phenoxy) is 1. The number of hydrogen-bond donors (Lipinski definition) is 1. The molecule has 1 unspecified atom stereocenters. The topological polar surface area (TPSA) is 62.7 Å². The summed E-state index contributed by atoms with van der Waals surface area (Å²) >= 11 is 0. The van der Waals surface area contributed by atoms with Gasteiger partial charge in [-0.1, -0.05) is 0 Å². The molecule has 0 bridgehead atoms. The molecule has 0 fully saturated rings. The molecule has 0 aromatic carbocycles. The number of carbonyl (C=O) groups excluding carboxylic acids is 1. The molecule has 0 aliphatic carbocycles. The quantitative estimate of drug-likeness (QED) is 0.826. The van der Waals surface area contributed by atoms with Crippen LogP contribution >= 0.6 is 0 Å². The molecular weight excluding hydrogens is 232 g/mol. The summed E-state index contributed by atoms with van der Waals surface area (Å²) in [6.45, 7) is 6.84. The summed E-state index contributed by atoms with van der Waals surface area (Å²) in [5.74, 6) is 0.492. The second-order valence-electron chi connectivity index (χ2n) is 3.91. The fourth-order valence-corrected chi connectivity index (χ4v) is 1.62. The van der Waals surface area contributed by atoms with Crippen LogP contribution in [0.4, 0.5) is 0 Å². The van der Waals surface area contributed by atoms with Gasteiger partial charge in [0, 0.05) is 13.1 Å². The van der Waals surface area contributed by atoms with Crippen molar-refractivity contribution < 1.29 is 14.6 Å². The Kier molecular flexibility index (Phi) is 5.58. The third-order valence-corrected chi connectivity index (χ3v) is 2.70. The molecule has 1 atom stereocenters. The van der Waals surface area contributed by atoms with Gasteiger partial charge in [0.15, 0.2) is 6.10 Å². The zero-order valence-electron chi connectivity index (χ0n) is 11.1. The zero-order valence-corrected chi connectivity index (χ0v) is 11.1. The molecule has 18 heavy (non-hydrogen) atoms. The van der Waals surface area contributed by atoms with E-state index in [0.29, 0.717) is 24.5 Å². The number of aliphatic hydroxyl groups excluding tert-OH is 1. The molecule has 5 heteroatoms. The molecule has 1 rings (SSSR count). The minimum Gasteiger partial charge on any atom is -0.479 e. The van der Waals surface area contributed by atoms with Gasteiger partial charge in [-0.2, -0.15) is 0 Å². The molecular formula is C13H20N2O3. The van der Waals surface area contributed by atoms with Crippen molar-refractivity contribution in [3.8, 4) is 5.75 Å². The van der Waals surface area contributed by atoms with Crippen LogP contribution in [0.5, 0.6) is 5.75 Å². The van der Waals surface area contributed by atoms with Gasteiger partial charge in [0.1, 0.15) is 5.75 Å². The Balaban J connectivity index is 2.62. The highest BCUT2D eigenvalue weighted by atomic mass is 16.5. The van der Waals surface area contributed by atoms with Crippen LogP contribution in [0.25, 0.3) is 0 Å². The third kappa shape index (κ3) is 3.70. The summed E-state index contributed by atoms with van der Waals surface area (Å²) < 4.78 is 5.52. The lowest BCUT2D eigenvalue weighted by atomic mass is 10.3. The van der Waals surface area contributed by atoms with Crippen molar-refractivity contribution >= 4 is 5.91 Å². The van der Waals surface area contributed by atoms with Crippen LogP contribution in [0, 0.1) is 0 Å². The van der Waals surface area contributed by atoms with E-state index in [0.717, 1.165) is 0 Å². The predicted molar refractivity (Wildman–Crippen MR) is 68.2 cm³/mol. The summed E-state index contributed by atoms with van der Waals surface area (Å²) in [5, 5.41) is 8.87. The molecule has 5 nitrogen and oxygen atoms in total. The van der Waals surface area contributed by atoms with Gasteiger partial charge in [-0.15, -0.1) is 0 Å². The maximum Gasteiger partial charge on any atom is 0.263 e. The number of carbonyl (C=O) groups is 1. The highest BCUT2D eigenvalue weighted by molar-refractivity contribution is 5.80. The first kappa shape index (κ1) is 14.4. The lowest BCUT2D eigenvalue weighted by molar-refractivity contribution is -0.137. The Hall–Kier alpha value is -1.62. The number of nitrogens with zero attached hydrogens (tertiary/aromatic N) is 2. The van der Waals surface area contributed by atoms with Crippen molar-refractivity contribution in [3.05, 3.63) is 24.0 Å². The van der Waals surface area contributed by atoms with Crippen molar-refractivity contribution in [3.63, 3.8) is 0 Å². The van der Waals surface area contributed by atoms with Gasteiger partial charge >= 0.3 is 0 Å². The van der Waals surface area contributed by atoms with E-state index in [-0.39, 0.29) is 12.5 Å². The van der Waals surface area contributed by atoms with Crippen LogP contribution in [0.1, 0.15) is 26.5 Å². The first-order chi connectivity index (χ1) is 8.62. The van der Waals surface area contributed by atoms with Gasteiger partial charge in [0.2, 0.25) is 0 Å². The monoisotopic (exact) mass is 252 g/mol. The third-order valence-electron chi connectivity index (χ3n) is 2.70. The highest BCUT2D eigenvalue weighted by Gasteiger charge is 2.19. The fraction of sp³-hybridized carbons (Fsp3) is 0.538. The summed E-state index contributed by atoms with van der Waals surface area (Å²) in [4.78, 5) is 17.7. The molecule has 1 aromatic rings. The van der Waals surface area contributed by atoms with Crippen LogP contribution in [-0.2, 0) is 11.4 Å². The molecule has 1 amide bonds.